The van der Waals surface area contributed by atoms with Gasteiger partial charge in [-0.05, 0) is 67.6 Å². The molecule has 0 bridgehead atoms. The molecule has 5 rings (SSSR count). The van der Waals surface area contributed by atoms with Gasteiger partial charge < -0.3 is 29.7 Å². The number of fused-ring (bicyclic) bond motifs is 3. The lowest BCUT2D eigenvalue weighted by atomic mass is 9.46. The molecule has 7 atom stereocenters. The van der Waals surface area contributed by atoms with Gasteiger partial charge in [-0.1, -0.05) is 19.0 Å². The molecule has 1 aromatic carbocycles. The van der Waals surface area contributed by atoms with E-state index in [-0.39, 0.29) is 65.8 Å². The molecular formula is C29H37F2N3O6. The first-order valence-corrected chi connectivity index (χ1v) is 13.9. The fourth-order valence-corrected chi connectivity index (χ4v) is 7.32. The number of aliphatic hydroxyl groups is 1. The van der Waals surface area contributed by atoms with Crippen molar-refractivity contribution in [2.75, 3.05) is 13.2 Å². The molecule has 2 aromatic rings. The maximum atomic E-state index is 13.5. The van der Waals surface area contributed by atoms with Crippen molar-refractivity contribution < 1.29 is 37.5 Å². The number of carbonyl (C=O) groups excluding carboxylic acids is 2. The number of halogens is 2. The molecule has 3 fully saturated rings. The zero-order chi connectivity index (χ0) is 28.7. The molecule has 0 radical (unpaired) electrons. The quantitative estimate of drug-likeness (QED) is 0.472. The second-order valence-corrected chi connectivity index (χ2v) is 12.0. The molecule has 1 saturated heterocycles. The predicted molar refractivity (Wildman–Crippen MR) is 139 cm³/mol. The first-order chi connectivity index (χ1) is 19.0. The minimum Gasteiger partial charge on any atom is -0.393 e. The van der Waals surface area contributed by atoms with E-state index in [0.29, 0.717) is 24.4 Å². The maximum Gasteiger partial charge on any atom is 0.273 e. The Morgan fingerprint density at radius 3 is 2.52 bits per heavy atom. The average molecular weight is 562 g/mol. The third-order valence-electron chi connectivity index (χ3n) is 9.34. The van der Waals surface area contributed by atoms with Crippen LogP contribution >= 0.6 is 0 Å². The number of amides is 2. The fourth-order valence-electron chi connectivity index (χ4n) is 7.32. The maximum absolute atomic E-state index is 13.5. The van der Waals surface area contributed by atoms with Gasteiger partial charge in [0, 0.05) is 30.5 Å². The van der Waals surface area contributed by atoms with Gasteiger partial charge in [0.15, 0.2) is 12.0 Å². The molecule has 0 spiro atoms. The van der Waals surface area contributed by atoms with Gasteiger partial charge in [0.25, 0.3) is 5.91 Å². The molecule has 1 aromatic heterocycles. The zero-order valence-electron chi connectivity index (χ0n) is 23.0. The van der Waals surface area contributed by atoms with Gasteiger partial charge in [0.05, 0.1) is 25.4 Å². The summed E-state index contributed by atoms with van der Waals surface area (Å²) in [5.74, 6) is -1.61. The number of hydrogen-bond acceptors (Lipinski definition) is 7. The molecule has 2 amide bonds. The van der Waals surface area contributed by atoms with Crippen molar-refractivity contribution >= 4 is 11.8 Å². The summed E-state index contributed by atoms with van der Waals surface area (Å²) < 4.78 is 44.5. The van der Waals surface area contributed by atoms with E-state index in [1.807, 2.05) is 0 Å². The Labute approximate surface area is 232 Å². The standard InChI is InChI=1S/C29H37F2N3O6/c1-16-8-21(34-40-16)27(37)33-14-26-38-15-29(3)23-5-4-22(35)20(28(23,2)7-6-24(29)39-26)12-25(36)32-13-17-9-18(30)11-19(31)10-17/h8-11,20,22-24,26,35H,4-7,12-15H2,1-3H3,(H,32,36)(H,33,37). The molecule has 11 heteroatoms. The number of benzene rings is 1. The Bertz CT molecular complexity index is 1240. The molecule has 2 saturated carbocycles. The third-order valence-corrected chi connectivity index (χ3v) is 9.34. The van der Waals surface area contributed by atoms with Crippen LogP contribution < -0.4 is 10.6 Å². The van der Waals surface area contributed by atoms with E-state index < -0.39 is 24.0 Å². The number of aromatic nitrogens is 1. The van der Waals surface area contributed by atoms with Crippen LogP contribution in [0.15, 0.2) is 28.8 Å². The van der Waals surface area contributed by atoms with Crippen LogP contribution in [0.5, 0.6) is 0 Å². The van der Waals surface area contributed by atoms with Crippen LogP contribution in [0.25, 0.3) is 0 Å². The van der Waals surface area contributed by atoms with Gasteiger partial charge in [-0.15, -0.1) is 0 Å². The van der Waals surface area contributed by atoms with Crippen molar-refractivity contribution in [3.63, 3.8) is 0 Å². The molecule has 3 aliphatic rings. The number of hydrogen-bond donors (Lipinski definition) is 3. The van der Waals surface area contributed by atoms with Crippen LogP contribution in [0.2, 0.25) is 0 Å². The summed E-state index contributed by atoms with van der Waals surface area (Å²) in [5, 5.41) is 20.3. The Morgan fingerprint density at radius 1 is 1.07 bits per heavy atom. The van der Waals surface area contributed by atoms with Crippen LogP contribution in [0.1, 0.15) is 67.8 Å². The SMILES string of the molecule is Cc1cc(C(=O)NCC2OCC3(C)C(CCC4(C)C(CC(=O)NCc5cc(F)cc(F)c5)C(O)CCC34)O2)no1. The highest BCUT2D eigenvalue weighted by atomic mass is 19.1. The Balaban J connectivity index is 1.21. The number of rotatable bonds is 7. The van der Waals surface area contributed by atoms with Gasteiger partial charge in [-0.2, -0.15) is 0 Å². The van der Waals surface area contributed by atoms with Gasteiger partial charge >= 0.3 is 0 Å². The Morgan fingerprint density at radius 2 is 1.82 bits per heavy atom. The van der Waals surface area contributed by atoms with Crippen molar-refractivity contribution in [2.24, 2.45) is 22.7 Å². The minimum atomic E-state index is -0.695. The molecule has 1 aliphatic heterocycles. The number of ether oxygens (including phenoxy) is 2. The minimum absolute atomic E-state index is 0.00608. The predicted octanol–water partition coefficient (Wildman–Crippen LogP) is 3.63. The molecule has 40 heavy (non-hydrogen) atoms. The van der Waals surface area contributed by atoms with E-state index in [2.05, 4.69) is 29.6 Å². The molecule has 2 aliphatic carbocycles. The van der Waals surface area contributed by atoms with Crippen LogP contribution in [-0.2, 0) is 20.8 Å². The van der Waals surface area contributed by atoms with Crippen molar-refractivity contribution in [1.82, 2.24) is 15.8 Å². The van der Waals surface area contributed by atoms with Gasteiger partial charge in [0.1, 0.15) is 17.4 Å². The number of aliphatic hydroxyl groups excluding tert-OH is 1. The molecule has 3 N–H and O–H groups in total. The normalized spacial score (nSPS) is 33.5. The van der Waals surface area contributed by atoms with E-state index in [0.717, 1.165) is 25.3 Å². The van der Waals surface area contributed by atoms with E-state index in [1.165, 1.54) is 12.1 Å². The number of carbonyl (C=O) groups is 2. The fraction of sp³-hybridized carbons (Fsp3) is 0.621. The number of nitrogens with zero attached hydrogens (tertiary/aromatic N) is 1. The van der Waals surface area contributed by atoms with Crippen LogP contribution in [0, 0.1) is 41.2 Å². The monoisotopic (exact) mass is 561 g/mol. The smallest absolute Gasteiger partial charge is 0.273 e. The second kappa shape index (κ2) is 11.2. The van der Waals surface area contributed by atoms with Crippen molar-refractivity contribution in [3.8, 4) is 0 Å². The molecule has 9 nitrogen and oxygen atoms in total. The van der Waals surface area contributed by atoms with Gasteiger partial charge in [0.2, 0.25) is 5.91 Å². The van der Waals surface area contributed by atoms with E-state index in [1.54, 1.807) is 13.0 Å². The zero-order valence-corrected chi connectivity index (χ0v) is 23.0. The highest BCUT2D eigenvalue weighted by Crippen LogP contribution is 2.62. The number of nitrogens with one attached hydrogen (secondary N) is 2. The summed E-state index contributed by atoms with van der Waals surface area (Å²) in [5.41, 5.74) is -0.120. The molecule has 7 unspecified atom stereocenters. The van der Waals surface area contributed by atoms with E-state index >= 15 is 0 Å². The highest BCUT2D eigenvalue weighted by Gasteiger charge is 2.61. The van der Waals surface area contributed by atoms with E-state index in [9.17, 15) is 23.5 Å². The topological polar surface area (TPSA) is 123 Å². The largest absolute Gasteiger partial charge is 0.393 e. The van der Waals surface area contributed by atoms with Gasteiger partial charge in [-0.25, -0.2) is 8.78 Å². The van der Waals surface area contributed by atoms with Gasteiger partial charge in [-0.3, -0.25) is 9.59 Å². The summed E-state index contributed by atoms with van der Waals surface area (Å²) in [6.07, 6.45) is 1.63. The van der Waals surface area contributed by atoms with Crippen molar-refractivity contribution in [3.05, 3.63) is 52.9 Å². The summed E-state index contributed by atoms with van der Waals surface area (Å²) in [6.45, 7) is 6.63. The third kappa shape index (κ3) is 5.64. The molecule has 2 heterocycles. The van der Waals surface area contributed by atoms with Crippen LogP contribution in [0.3, 0.4) is 0 Å². The van der Waals surface area contributed by atoms with Crippen molar-refractivity contribution in [2.45, 2.75) is 77.9 Å². The summed E-state index contributed by atoms with van der Waals surface area (Å²) in [6, 6.07) is 4.73. The summed E-state index contributed by atoms with van der Waals surface area (Å²) in [7, 11) is 0. The Hall–Kier alpha value is -2.89. The first-order valence-electron chi connectivity index (χ1n) is 13.9. The van der Waals surface area contributed by atoms with E-state index in [4.69, 9.17) is 14.0 Å². The van der Waals surface area contributed by atoms with Crippen LogP contribution in [0.4, 0.5) is 8.78 Å². The van der Waals surface area contributed by atoms with Crippen molar-refractivity contribution in [1.29, 1.82) is 0 Å². The lowest BCUT2D eigenvalue weighted by Gasteiger charge is -2.63. The Kier molecular flexibility index (Phi) is 8.00. The first kappa shape index (κ1) is 28.6. The highest BCUT2D eigenvalue weighted by molar-refractivity contribution is 5.92. The summed E-state index contributed by atoms with van der Waals surface area (Å²) >= 11 is 0. The molecular weight excluding hydrogens is 524 g/mol. The second-order valence-electron chi connectivity index (χ2n) is 12.0. The number of aryl methyl sites for hydroxylation is 1. The molecule has 218 valence electrons. The summed E-state index contributed by atoms with van der Waals surface area (Å²) in [4.78, 5) is 25.3. The average Bonchev–Trinajstić information content (AvgIpc) is 3.34. The lowest BCUT2D eigenvalue weighted by molar-refractivity contribution is -0.306. The van der Waals surface area contributed by atoms with Crippen LogP contribution in [-0.4, -0.2) is 53.7 Å². The lowest BCUT2D eigenvalue weighted by Crippen LogP contribution is -2.63.